The maximum atomic E-state index is 9.30. The second-order valence-corrected chi connectivity index (χ2v) is 5.24. The number of benzene rings is 1. The molecule has 0 aliphatic carbocycles. The molecule has 0 heterocycles. The van der Waals surface area contributed by atoms with Gasteiger partial charge < -0.3 is 5.11 Å². The van der Waals surface area contributed by atoms with Crippen molar-refractivity contribution in [1.29, 1.82) is 0 Å². The average molecular weight is 271 g/mol. The van der Waals surface area contributed by atoms with Gasteiger partial charge in [-0.3, -0.25) is 0 Å². The van der Waals surface area contributed by atoms with Crippen molar-refractivity contribution in [3.63, 3.8) is 0 Å². The number of phenolic OH excluding ortho intramolecular Hbond substituents is 1. The van der Waals surface area contributed by atoms with Gasteiger partial charge in [0.2, 0.25) is 0 Å². The van der Waals surface area contributed by atoms with E-state index in [0.29, 0.717) is 10.6 Å². The summed E-state index contributed by atoms with van der Waals surface area (Å²) in [5.41, 5.74) is 1.23. The lowest BCUT2D eigenvalue weighted by atomic mass is 10.1. The summed E-state index contributed by atoms with van der Waals surface area (Å²) in [6, 6.07) is 7.54. The number of alkyl halides is 1. The van der Waals surface area contributed by atoms with E-state index in [1.165, 1.54) is 31.2 Å². The maximum absolute atomic E-state index is 9.30. The Morgan fingerprint density at radius 3 is 2.80 bits per heavy atom. The highest BCUT2D eigenvalue weighted by atomic mass is 79.9. The van der Waals surface area contributed by atoms with E-state index in [0.717, 1.165) is 6.42 Å². The number of hydrogen-bond acceptors (Lipinski definition) is 1. The zero-order chi connectivity index (χ0) is 11.1. The molecule has 1 unspecified atom stereocenters. The van der Waals surface area contributed by atoms with Crippen LogP contribution in [0.1, 0.15) is 38.2 Å². The van der Waals surface area contributed by atoms with Gasteiger partial charge in [-0.1, -0.05) is 41.4 Å². The first-order valence-corrected chi connectivity index (χ1v) is 6.56. The smallest absolute Gasteiger partial charge is 0.115 e. The molecule has 1 N–H and O–H groups in total. The molecule has 0 spiro atoms. The Labute approximate surface area is 101 Å². The fraction of sp³-hybridized carbons (Fsp3) is 0.538. The van der Waals surface area contributed by atoms with Crippen molar-refractivity contribution < 1.29 is 5.11 Å². The van der Waals surface area contributed by atoms with Crippen molar-refractivity contribution >= 4 is 15.9 Å². The van der Waals surface area contributed by atoms with Gasteiger partial charge in [-0.15, -0.1) is 0 Å². The van der Waals surface area contributed by atoms with Gasteiger partial charge in [-0.25, -0.2) is 0 Å². The Bertz CT molecular complexity index is 286. The monoisotopic (exact) mass is 270 g/mol. The van der Waals surface area contributed by atoms with Crippen LogP contribution in [0.3, 0.4) is 0 Å². The summed E-state index contributed by atoms with van der Waals surface area (Å²) in [4.78, 5) is 0.653. The number of phenols is 1. The van der Waals surface area contributed by atoms with Gasteiger partial charge in [0.05, 0.1) is 0 Å². The zero-order valence-electron chi connectivity index (χ0n) is 9.25. The third-order valence-corrected chi connectivity index (χ3v) is 3.41. The van der Waals surface area contributed by atoms with E-state index in [2.05, 4.69) is 28.9 Å². The molecule has 0 bridgehead atoms. The Kier molecular flexibility index (Phi) is 5.77. The normalized spacial score (nSPS) is 12.7. The molecule has 0 radical (unpaired) electrons. The van der Waals surface area contributed by atoms with Gasteiger partial charge >= 0.3 is 0 Å². The summed E-state index contributed by atoms with van der Waals surface area (Å²) in [5, 5.41) is 9.30. The molecule has 15 heavy (non-hydrogen) atoms. The summed E-state index contributed by atoms with van der Waals surface area (Å²) in [6.45, 7) is 2.21. The maximum Gasteiger partial charge on any atom is 0.115 e. The van der Waals surface area contributed by atoms with E-state index < -0.39 is 0 Å². The van der Waals surface area contributed by atoms with Crippen molar-refractivity contribution in [2.45, 2.75) is 43.9 Å². The second kappa shape index (κ2) is 6.89. The molecule has 2 heteroatoms. The number of aryl methyl sites for hydroxylation is 1. The Hall–Kier alpha value is -0.500. The molecule has 1 atom stereocenters. The van der Waals surface area contributed by atoms with Crippen molar-refractivity contribution in [2.24, 2.45) is 0 Å². The molecule has 1 aromatic carbocycles. The SMILES string of the molecule is CCCC(Br)CCCc1cccc(O)c1. The van der Waals surface area contributed by atoms with Crippen LogP contribution in [0.4, 0.5) is 0 Å². The molecule has 0 aromatic heterocycles. The van der Waals surface area contributed by atoms with E-state index >= 15 is 0 Å². The topological polar surface area (TPSA) is 20.2 Å². The Balaban J connectivity index is 2.25. The van der Waals surface area contributed by atoms with Crippen LogP contribution in [0.15, 0.2) is 24.3 Å². The van der Waals surface area contributed by atoms with Crippen LogP contribution in [0.5, 0.6) is 5.75 Å². The summed E-state index contributed by atoms with van der Waals surface area (Å²) in [5.74, 6) is 0.372. The highest BCUT2D eigenvalue weighted by Gasteiger charge is 2.02. The van der Waals surface area contributed by atoms with E-state index in [9.17, 15) is 5.11 Å². The summed E-state index contributed by atoms with van der Waals surface area (Å²) in [7, 11) is 0. The van der Waals surface area contributed by atoms with Crippen LogP contribution >= 0.6 is 15.9 Å². The lowest BCUT2D eigenvalue weighted by Crippen LogP contribution is -1.97. The molecule has 1 rings (SSSR count). The molecular formula is C13H19BrO. The summed E-state index contributed by atoms with van der Waals surface area (Å²) >= 11 is 3.68. The molecule has 0 fully saturated rings. The molecule has 0 saturated heterocycles. The minimum Gasteiger partial charge on any atom is -0.508 e. The molecular weight excluding hydrogens is 252 g/mol. The van der Waals surface area contributed by atoms with Gasteiger partial charge in [-0.05, 0) is 43.4 Å². The third-order valence-electron chi connectivity index (χ3n) is 2.50. The number of halogens is 1. The molecule has 1 aromatic rings. The quantitative estimate of drug-likeness (QED) is 0.766. The minimum atomic E-state index is 0.372. The molecule has 0 aliphatic rings. The Morgan fingerprint density at radius 2 is 2.13 bits per heavy atom. The van der Waals surface area contributed by atoms with Crippen LogP contribution in [0.25, 0.3) is 0 Å². The van der Waals surface area contributed by atoms with Crippen molar-refractivity contribution in [2.75, 3.05) is 0 Å². The number of rotatable bonds is 6. The predicted molar refractivity (Wildman–Crippen MR) is 68.7 cm³/mol. The van der Waals surface area contributed by atoms with E-state index in [-0.39, 0.29) is 0 Å². The highest BCUT2D eigenvalue weighted by molar-refractivity contribution is 9.09. The van der Waals surface area contributed by atoms with Gasteiger partial charge in [-0.2, -0.15) is 0 Å². The van der Waals surface area contributed by atoms with Crippen LogP contribution in [0, 0.1) is 0 Å². The molecule has 0 aliphatic heterocycles. The summed E-state index contributed by atoms with van der Waals surface area (Å²) < 4.78 is 0. The van der Waals surface area contributed by atoms with Crippen molar-refractivity contribution in [3.8, 4) is 5.75 Å². The van der Waals surface area contributed by atoms with E-state index in [1.54, 1.807) is 6.07 Å². The Morgan fingerprint density at radius 1 is 1.33 bits per heavy atom. The first-order valence-electron chi connectivity index (χ1n) is 5.64. The van der Waals surface area contributed by atoms with Crippen LogP contribution < -0.4 is 0 Å². The summed E-state index contributed by atoms with van der Waals surface area (Å²) in [6.07, 6.45) is 5.94. The third kappa shape index (κ3) is 5.22. The van der Waals surface area contributed by atoms with E-state index in [1.807, 2.05) is 12.1 Å². The lowest BCUT2D eigenvalue weighted by Gasteiger charge is -2.07. The van der Waals surface area contributed by atoms with Crippen LogP contribution in [-0.4, -0.2) is 9.93 Å². The van der Waals surface area contributed by atoms with Crippen molar-refractivity contribution in [1.82, 2.24) is 0 Å². The van der Waals surface area contributed by atoms with E-state index in [4.69, 9.17) is 0 Å². The first-order chi connectivity index (χ1) is 7.22. The predicted octanol–water partition coefficient (Wildman–Crippen LogP) is 4.28. The first kappa shape index (κ1) is 12.6. The fourth-order valence-corrected chi connectivity index (χ4v) is 2.48. The van der Waals surface area contributed by atoms with Crippen LogP contribution in [0.2, 0.25) is 0 Å². The molecule has 0 saturated carbocycles. The van der Waals surface area contributed by atoms with Gasteiger partial charge in [0.25, 0.3) is 0 Å². The van der Waals surface area contributed by atoms with Gasteiger partial charge in [0.15, 0.2) is 0 Å². The van der Waals surface area contributed by atoms with Gasteiger partial charge in [0.1, 0.15) is 5.75 Å². The largest absolute Gasteiger partial charge is 0.508 e. The average Bonchev–Trinajstić information content (AvgIpc) is 2.18. The number of hydrogen-bond donors (Lipinski definition) is 1. The van der Waals surface area contributed by atoms with Gasteiger partial charge in [0, 0.05) is 4.83 Å². The molecule has 1 nitrogen and oxygen atoms in total. The fourth-order valence-electron chi connectivity index (χ4n) is 1.70. The lowest BCUT2D eigenvalue weighted by molar-refractivity contribution is 0.474. The van der Waals surface area contributed by atoms with Crippen molar-refractivity contribution in [3.05, 3.63) is 29.8 Å². The second-order valence-electron chi connectivity index (χ2n) is 3.95. The van der Waals surface area contributed by atoms with Crippen LogP contribution in [-0.2, 0) is 6.42 Å². The zero-order valence-corrected chi connectivity index (χ0v) is 10.8. The molecule has 84 valence electrons. The standard InChI is InChI=1S/C13H19BrO/c1-2-5-12(14)8-3-6-11-7-4-9-13(15)10-11/h4,7,9-10,12,15H,2-3,5-6,8H2,1H3. The highest BCUT2D eigenvalue weighted by Crippen LogP contribution is 2.18. The minimum absolute atomic E-state index is 0.372. The molecule has 0 amide bonds. The number of aromatic hydroxyl groups is 1.